The molecule has 0 aliphatic heterocycles. The average Bonchev–Trinajstić information content (AvgIpc) is 3.21. The molecule has 0 aliphatic carbocycles. The van der Waals surface area contributed by atoms with Gasteiger partial charge in [-0.05, 0) is 46.2 Å². The van der Waals surface area contributed by atoms with E-state index in [4.69, 9.17) is 9.47 Å². The molecule has 152 valence electrons. The highest BCUT2D eigenvalue weighted by molar-refractivity contribution is 6.10. The topological polar surface area (TPSA) is 101 Å². The molecule has 2 N–H and O–H groups in total. The van der Waals surface area contributed by atoms with Gasteiger partial charge in [-0.15, -0.1) is 0 Å². The van der Waals surface area contributed by atoms with Crippen LogP contribution in [0.1, 0.15) is 63.2 Å². The molecule has 0 bridgehead atoms. The second kappa shape index (κ2) is 7.95. The number of aromatic amines is 2. The van der Waals surface area contributed by atoms with Crippen LogP contribution in [0.4, 0.5) is 0 Å². The number of aryl methyl sites for hydroxylation is 1. The van der Waals surface area contributed by atoms with E-state index >= 15 is 0 Å². The number of rotatable bonds is 6. The third-order valence-electron chi connectivity index (χ3n) is 4.70. The molecule has 0 aliphatic rings. The second-order valence-corrected chi connectivity index (χ2v) is 7.24. The van der Waals surface area contributed by atoms with Gasteiger partial charge < -0.3 is 19.4 Å². The van der Waals surface area contributed by atoms with Crippen LogP contribution in [0.25, 0.3) is 10.9 Å². The van der Waals surface area contributed by atoms with E-state index in [2.05, 4.69) is 9.97 Å². The standard InChI is InChI=1S/C22H24N2O5/c1-11(2)28-21(26)18-12(3)19(24-13(18)4)22(27)29-14(5)20(25)16-10-23-17-9-7-6-8-15(16)17/h6-11,14,23-24H,1-5H3/t14-/m0/s1. The molecule has 7 heteroatoms. The van der Waals surface area contributed by atoms with Crippen molar-refractivity contribution in [2.75, 3.05) is 0 Å². The zero-order valence-corrected chi connectivity index (χ0v) is 17.1. The van der Waals surface area contributed by atoms with E-state index in [1.165, 1.54) is 6.92 Å². The Morgan fingerprint density at radius 2 is 1.66 bits per heavy atom. The highest BCUT2D eigenvalue weighted by Gasteiger charge is 2.28. The summed E-state index contributed by atoms with van der Waals surface area (Å²) in [4.78, 5) is 43.7. The van der Waals surface area contributed by atoms with Gasteiger partial charge in [0.1, 0.15) is 5.69 Å². The number of carbonyl (C=O) groups is 3. The van der Waals surface area contributed by atoms with Gasteiger partial charge in [0.2, 0.25) is 5.78 Å². The lowest BCUT2D eigenvalue weighted by Crippen LogP contribution is -2.25. The third-order valence-corrected chi connectivity index (χ3v) is 4.70. The van der Waals surface area contributed by atoms with Crippen LogP contribution in [-0.4, -0.2) is 39.9 Å². The number of nitrogens with one attached hydrogen (secondary N) is 2. The number of hydrogen-bond acceptors (Lipinski definition) is 5. The lowest BCUT2D eigenvalue weighted by molar-refractivity contribution is 0.0313. The molecule has 3 aromatic rings. The van der Waals surface area contributed by atoms with E-state index in [0.717, 1.165) is 10.9 Å². The summed E-state index contributed by atoms with van der Waals surface area (Å²) in [5, 5.41) is 0.769. The summed E-state index contributed by atoms with van der Waals surface area (Å²) in [6, 6.07) is 7.41. The zero-order chi connectivity index (χ0) is 21.3. The number of benzene rings is 1. The fraction of sp³-hybridized carbons (Fsp3) is 0.318. The first-order valence-corrected chi connectivity index (χ1v) is 9.42. The summed E-state index contributed by atoms with van der Waals surface area (Å²) in [7, 11) is 0. The van der Waals surface area contributed by atoms with Gasteiger partial charge in [0.15, 0.2) is 6.10 Å². The third kappa shape index (κ3) is 3.94. The van der Waals surface area contributed by atoms with Gasteiger partial charge >= 0.3 is 11.9 Å². The van der Waals surface area contributed by atoms with Crippen LogP contribution in [0.5, 0.6) is 0 Å². The van der Waals surface area contributed by atoms with Crippen LogP contribution in [-0.2, 0) is 9.47 Å². The molecule has 7 nitrogen and oxygen atoms in total. The number of hydrogen-bond donors (Lipinski definition) is 2. The Morgan fingerprint density at radius 3 is 2.34 bits per heavy atom. The summed E-state index contributed by atoms with van der Waals surface area (Å²) >= 11 is 0. The van der Waals surface area contributed by atoms with E-state index in [0.29, 0.717) is 22.4 Å². The molecule has 0 fully saturated rings. The first-order valence-electron chi connectivity index (χ1n) is 9.42. The molecule has 0 amide bonds. The van der Waals surface area contributed by atoms with Crippen LogP contribution in [0.3, 0.4) is 0 Å². The molecule has 0 spiro atoms. The number of para-hydroxylation sites is 1. The highest BCUT2D eigenvalue weighted by atomic mass is 16.5. The number of carbonyl (C=O) groups excluding carboxylic acids is 3. The van der Waals surface area contributed by atoms with Crippen molar-refractivity contribution in [1.82, 2.24) is 9.97 Å². The molecule has 3 rings (SSSR count). The maximum Gasteiger partial charge on any atom is 0.355 e. The zero-order valence-electron chi connectivity index (χ0n) is 17.1. The monoisotopic (exact) mass is 396 g/mol. The number of esters is 2. The number of fused-ring (bicyclic) bond motifs is 1. The fourth-order valence-corrected chi connectivity index (χ4v) is 3.30. The van der Waals surface area contributed by atoms with Crippen molar-refractivity contribution < 1.29 is 23.9 Å². The average molecular weight is 396 g/mol. The summed E-state index contributed by atoms with van der Waals surface area (Å²) in [6.45, 7) is 8.36. The Hall–Kier alpha value is -3.35. The lowest BCUT2D eigenvalue weighted by Gasteiger charge is -2.12. The number of aromatic nitrogens is 2. The largest absolute Gasteiger partial charge is 0.459 e. The van der Waals surface area contributed by atoms with Crippen molar-refractivity contribution in [3.05, 3.63) is 58.5 Å². The normalized spacial score (nSPS) is 12.2. The predicted octanol–water partition coefficient (Wildman–Crippen LogP) is 4.11. The molecule has 1 atom stereocenters. The van der Waals surface area contributed by atoms with Crippen molar-refractivity contribution in [3.8, 4) is 0 Å². The SMILES string of the molecule is Cc1[nH]c(C(=O)O[C@@H](C)C(=O)c2c[nH]c3ccccc23)c(C)c1C(=O)OC(C)C. The molecule has 0 radical (unpaired) electrons. The van der Waals surface area contributed by atoms with E-state index in [-0.39, 0.29) is 17.6 Å². The number of ether oxygens (including phenoxy) is 2. The molecule has 0 saturated heterocycles. The number of ketones is 1. The van der Waals surface area contributed by atoms with Gasteiger partial charge in [-0.25, -0.2) is 9.59 Å². The first-order chi connectivity index (χ1) is 13.7. The summed E-state index contributed by atoms with van der Waals surface area (Å²) in [5.74, 6) is -1.51. The maximum atomic E-state index is 12.8. The summed E-state index contributed by atoms with van der Waals surface area (Å²) in [5.41, 5.74) is 2.68. The Bertz CT molecular complexity index is 1090. The van der Waals surface area contributed by atoms with Crippen molar-refractivity contribution in [1.29, 1.82) is 0 Å². The van der Waals surface area contributed by atoms with E-state index in [1.54, 1.807) is 33.9 Å². The van der Waals surface area contributed by atoms with Crippen molar-refractivity contribution in [3.63, 3.8) is 0 Å². The van der Waals surface area contributed by atoms with Gasteiger partial charge in [0, 0.05) is 28.4 Å². The molecule has 2 aromatic heterocycles. The minimum atomic E-state index is -0.990. The first kappa shape index (κ1) is 20.4. The van der Waals surface area contributed by atoms with Gasteiger partial charge in [0.25, 0.3) is 0 Å². The molecule has 1 aromatic carbocycles. The molecule has 2 heterocycles. The van der Waals surface area contributed by atoms with Crippen LogP contribution < -0.4 is 0 Å². The van der Waals surface area contributed by atoms with Gasteiger partial charge in [-0.1, -0.05) is 18.2 Å². The van der Waals surface area contributed by atoms with Gasteiger partial charge in [-0.3, -0.25) is 4.79 Å². The van der Waals surface area contributed by atoms with Crippen LogP contribution in [0.2, 0.25) is 0 Å². The lowest BCUT2D eigenvalue weighted by atomic mass is 10.1. The minimum Gasteiger partial charge on any atom is -0.459 e. The maximum absolute atomic E-state index is 12.8. The molecular formula is C22H24N2O5. The molecule has 0 unspecified atom stereocenters. The van der Waals surface area contributed by atoms with E-state index in [1.807, 2.05) is 24.3 Å². The fourth-order valence-electron chi connectivity index (χ4n) is 3.30. The molecule has 29 heavy (non-hydrogen) atoms. The van der Waals surface area contributed by atoms with Crippen LogP contribution in [0.15, 0.2) is 30.5 Å². The molecule has 0 saturated carbocycles. The highest BCUT2D eigenvalue weighted by Crippen LogP contribution is 2.23. The van der Waals surface area contributed by atoms with Crippen molar-refractivity contribution >= 4 is 28.6 Å². The Labute approximate surface area is 168 Å². The Kier molecular flexibility index (Phi) is 5.59. The minimum absolute atomic E-state index is 0.136. The Balaban J connectivity index is 1.79. The molecular weight excluding hydrogens is 372 g/mol. The summed E-state index contributed by atoms with van der Waals surface area (Å²) in [6.07, 6.45) is 0.345. The smallest absolute Gasteiger partial charge is 0.355 e. The predicted molar refractivity (Wildman–Crippen MR) is 108 cm³/mol. The Morgan fingerprint density at radius 1 is 0.966 bits per heavy atom. The van der Waals surface area contributed by atoms with E-state index < -0.39 is 18.0 Å². The number of H-pyrrole nitrogens is 2. The van der Waals surface area contributed by atoms with Crippen molar-refractivity contribution in [2.45, 2.75) is 46.8 Å². The van der Waals surface area contributed by atoms with Gasteiger partial charge in [-0.2, -0.15) is 0 Å². The van der Waals surface area contributed by atoms with Crippen LogP contribution in [0, 0.1) is 13.8 Å². The summed E-state index contributed by atoms with van der Waals surface area (Å²) < 4.78 is 10.6. The second-order valence-electron chi connectivity index (χ2n) is 7.24. The van der Waals surface area contributed by atoms with E-state index in [9.17, 15) is 14.4 Å². The van der Waals surface area contributed by atoms with Gasteiger partial charge in [0.05, 0.1) is 11.7 Å². The quantitative estimate of drug-likeness (QED) is 0.482. The number of Topliss-reactive ketones (excluding diaryl/α,β-unsaturated/α-hetero) is 1. The van der Waals surface area contributed by atoms with Crippen molar-refractivity contribution in [2.24, 2.45) is 0 Å². The van der Waals surface area contributed by atoms with Crippen LogP contribution >= 0.6 is 0 Å².